The van der Waals surface area contributed by atoms with Crippen molar-refractivity contribution < 1.29 is 4.79 Å². The van der Waals surface area contributed by atoms with E-state index in [1.54, 1.807) is 12.1 Å². The Bertz CT molecular complexity index is 935. The van der Waals surface area contributed by atoms with Crippen molar-refractivity contribution in [1.29, 1.82) is 0 Å². The number of para-hydroxylation sites is 1. The first-order valence-electron chi connectivity index (χ1n) is 8.93. The second kappa shape index (κ2) is 8.43. The van der Waals surface area contributed by atoms with E-state index in [9.17, 15) is 9.59 Å². The van der Waals surface area contributed by atoms with Gasteiger partial charge in [-0.1, -0.05) is 49.4 Å². The zero-order valence-corrected chi connectivity index (χ0v) is 14.9. The van der Waals surface area contributed by atoms with Gasteiger partial charge in [-0.2, -0.15) is 0 Å². The van der Waals surface area contributed by atoms with Crippen LogP contribution in [0.4, 0.5) is 0 Å². The van der Waals surface area contributed by atoms with Crippen LogP contribution < -0.4 is 10.9 Å². The number of amides is 1. The van der Waals surface area contributed by atoms with E-state index < -0.39 is 0 Å². The van der Waals surface area contributed by atoms with Gasteiger partial charge >= 0.3 is 0 Å². The molecule has 0 aliphatic heterocycles. The van der Waals surface area contributed by atoms with Gasteiger partial charge in [-0.15, -0.1) is 0 Å². The molecule has 0 fully saturated rings. The van der Waals surface area contributed by atoms with Crippen LogP contribution in [0.2, 0.25) is 0 Å². The lowest BCUT2D eigenvalue weighted by atomic mass is 9.98. The predicted molar refractivity (Wildman–Crippen MR) is 103 cm³/mol. The Labute approximate surface area is 152 Å². The average Bonchev–Trinajstić information content (AvgIpc) is 2.67. The number of rotatable bonds is 7. The van der Waals surface area contributed by atoms with Crippen molar-refractivity contribution in [2.75, 3.05) is 6.54 Å². The Balaban J connectivity index is 1.48. The molecule has 0 bridgehead atoms. The third-order valence-electron chi connectivity index (χ3n) is 4.52. The van der Waals surface area contributed by atoms with E-state index in [1.165, 1.54) is 5.56 Å². The molecule has 26 heavy (non-hydrogen) atoms. The number of nitrogens with zero attached hydrogens (tertiary/aromatic N) is 1. The third-order valence-corrected chi connectivity index (χ3v) is 4.52. The summed E-state index contributed by atoms with van der Waals surface area (Å²) in [6.45, 7) is 2.79. The SMILES string of the molecule is CC(CCNC(=O)CCc1nc2ccccc2c(=O)[nH]1)c1ccccc1. The molecule has 5 nitrogen and oxygen atoms in total. The molecule has 0 spiro atoms. The summed E-state index contributed by atoms with van der Waals surface area (Å²) in [5.74, 6) is 0.914. The van der Waals surface area contributed by atoms with Crippen molar-refractivity contribution in [2.24, 2.45) is 0 Å². The van der Waals surface area contributed by atoms with Crippen LogP contribution >= 0.6 is 0 Å². The molecular formula is C21H23N3O2. The number of fused-ring (bicyclic) bond motifs is 1. The standard InChI is InChI=1S/C21H23N3O2/c1-15(16-7-3-2-4-8-16)13-14-22-20(25)12-11-19-23-18-10-6-5-9-17(18)21(26)24-19/h2-10,15H,11-14H2,1H3,(H,22,25)(H,23,24,26). The fourth-order valence-electron chi connectivity index (χ4n) is 2.95. The predicted octanol–water partition coefficient (Wildman–Crippen LogP) is 3.17. The zero-order valence-electron chi connectivity index (χ0n) is 14.9. The molecule has 0 radical (unpaired) electrons. The van der Waals surface area contributed by atoms with Crippen molar-refractivity contribution >= 4 is 16.8 Å². The summed E-state index contributed by atoms with van der Waals surface area (Å²) in [6, 6.07) is 17.5. The lowest BCUT2D eigenvalue weighted by Crippen LogP contribution is -2.26. The van der Waals surface area contributed by atoms with E-state index in [4.69, 9.17) is 0 Å². The molecule has 3 aromatic rings. The molecule has 0 saturated carbocycles. The highest BCUT2D eigenvalue weighted by Gasteiger charge is 2.08. The monoisotopic (exact) mass is 349 g/mol. The average molecular weight is 349 g/mol. The zero-order chi connectivity index (χ0) is 18.4. The highest BCUT2D eigenvalue weighted by molar-refractivity contribution is 5.78. The Hall–Kier alpha value is -2.95. The lowest BCUT2D eigenvalue weighted by Gasteiger charge is -2.12. The topological polar surface area (TPSA) is 74.8 Å². The van der Waals surface area contributed by atoms with Crippen LogP contribution in [0.15, 0.2) is 59.4 Å². The molecule has 5 heteroatoms. The number of benzene rings is 2. The van der Waals surface area contributed by atoms with Crippen LogP contribution in [0, 0.1) is 0 Å². The van der Waals surface area contributed by atoms with Gasteiger partial charge < -0.3 is 10.3 Å². The maximum absolute atomic E-state index is 12.1. The highest BCUT2D eigenvalue weighted by atomic mass is 16.1. The van der Waals surface area contributed by atoms with E-state index in [2.05, 4.69) is 34.3 Å². The molecule has 2 aromatic carbocycles. The summed E-state index contributed by atoms with van der Waals surface area (Å²) >= 11 is 0. The fraction of sp³-hybridized carbons (Fsp3) is 0.286. The van der Waals surface area contributed by atoms with E-state index >= 15 is 0 Å². The minimum Gasteiger partial charge on any atom is -0.356 e. The van der Waals surface area contributed by atoms with Crippen molar-refractivity contribution in [3.63, 3.8) is 0 Å². The van der Waals surface area contributed by atoms with Crippen LogP contribution in [-0.4, -0.2) is 22.4 Å². The van der Waals surface area contributed by atoms with E-state index in [-0.39, 0.29) is 11.5 Å². The number of hydrogen-bond donors (Lipinski definition) is 2. The fourth-order valence-corrected chi connectivity index (χ4v) is 2.95. The molecule has 0 aliphatic carbocycles. The first-order chi connectivity index (χ1) is 12.6. The van der Waals surface area contributed by atoms with Crippen LogP contribution in [0.25, 0.3) is 10.9 Å². The molecule has 1 heterocycles. The normalized spacial score (nSPS) is 12.0. The first kappa shape index (κ1) is 17.9. The number of carbonyl (C=O) groups is 1. The van der Waals surface area contributed by atoms with Crippen molar-refractivity contribution in [3.05, 3.63) is 76.3 Å². The molecule has 3 rings (SSSR count). The molecule has 0 saturated heterocycles. The molecule has 1 amide bonds. The van der Waals surface area contributed by atoms with Crippen LogP contribution in [0.5, 0.6) is 0 Å². The maximum Gasteiger partial charge on any atom is 0.258 e. The molecule has 1 atom stereocenters. The number of aryl methyl sites for hydroxylation is 1. The third kappa shape index (κ3) is 4.57. The minimum absolute atomic E-state index is 0.0268. The highest BCUT2D eigenvalue weighted by Crippen LogP contribution is 2.17. The molecule has 2 N–H and O–H groups in total. The Morgan fingerprint density at radius 1 is 1.12 bits per heavy atom. The molecule has 134 valence electrons. The molecular weight excluding hydrogens is 326 g/mol. The van der Waals surface area contributed by atoms with Crippen LogP contribution in [0.3, 0.4) is 0 Å². The van der Waals surface area contributed by atoms with Gasteiger partial charge in [0.15, 0.2) is 0 Å². The minimum atomic E-state index is -0.164. The molecule has 0 aliphatic rings. The number of aromatic nitrogens is 2. The Morgan fingerprint density at radius 2 is 1.85 bits per heavy atom. The Kier molecular flexibility index (Phi) is 5.79. The van der Waals surface area contributed by atoms with E-state index in [0.717, 1.165) is 6.42 Å². The number of carbonyl (C=O) groups excluding carboxylic acids is 1. The number of nitrogens with one attached hydrogen (secondary N) is 2. The van der Waals surface area contributed by atoms with Gasteiger partial charge in [-0.3, -0.25) is 9.59 Å². The van der Waals surface area contributed by atoms with Crippen molar-refractivity contribution in [1.82, 2.24) is 15.3 Å². The second-order valence-corrected chi connectivity index (χ2v) is 6.48. The number of aromatic amines is 1. The summed E-state index contributed by atoms with van der Waals surface area (Å²) in [4.78, 5) is 31.3. The van der Waals surface area contributed by atoms with Gasteiger partial charge in [0.2, 0.25) is 5.91 Å². The smallest absolute Gasteiger partial charge is 0.258 e. The molecule has 1 aromatic heterocycles. The summed E-state index contributed by atoms with van der Waals surface area (Å²) in [6.07, 6.45) is 1.61. The quantitative estimate of drug-likeness (QED) is 0.688. The number of hydrogen-bond acceptors (Lipinski definition) is 3. The second-order valence-electron chi connectivity index (χ2n) is 6.48. The summed E-state index contributed by atoms with van der Waals surface area (Å²) in [5, 5.41) is 3.51. The van der Waals surface area contributed by atoms with Gasteiger partial charge in [0.1, 0.15) is 5.82 Å². The molecule has 1 unspecified atom stereocenters. The largest absolute Gasteiger partial charge is 0.356 e. The van der Waals surface area contributed by atoms with Crippen LogP contribution in [-0.2, 0) is 11.2 Å². The van der Waals surface area contributed by atoms with Gasteiger partial charge in [0.25, 0.3) is 5.56 Å². The number of H-pyrrole nitrogens is 1. The Morgan fingerprint density at radius 3 is 2.65 bits per heavy atom. The van der Waals surface area contributed by atoms with Crippen molar-refractivity contribution in [2.45, 2.75) is 32.1 Å². The van der Waals surface area contributed by atoms with Crippen LogP contribution in [0.1, 0.15) is 37.1 Å². The summed E-state index contributed by atoms with van der Waals surface area (Å²) in [5.41, 5.74) is 1.77. The van der Waals surface area contributed by atoms with Gasteiger partial charge in [0, 0.05) is 19.4 Å². The van der Waals surface area contributed by atoms with Gasteiger partial charge in [0.05, 0.1) is 10.9 Å². The summed E-state index contributed by atoms with van der Waals surface area (Å²) < 4.78 is 0. The van der Waals surface area contributed by atoms with E-state index in [1.807, 2.05) is 30.3 Å². The van der Waals surface area contributed by atoms with E-state index in [0.29, 0.717) is 42.0 Å². The van der Waals surface area contributed by atoms with Gasteiger partial charge in [-0.25, -0.2) is 4.98 Å². The lowest BCUT2D eigenvalue weighted by molar-refractivity contribution is -0.121. The summed E-state index contributed by atoms with van der Waals surface area (Å²) in [7, 11) is 0. The van der Waals surface area contributed by atoms with Gasteiger partial charge in [-0.05, 0) is 30.0 Å². The maximum atomic E-state index is 12.1. The first-order valence-corrected chi connectivity index (χ1v) is 8.93. The van der Waals surface area contributed by atoms with Crippen molar-refractivity contribution in [3.8, 4) is 0 Å².